The highest BCUT2D eigenvalue weighted by Gasteiger charge is 2.11. The minimum Gasteiger partial charge on any atom is -0.313 e. The first-order valence-corrected chi connectivity index (χ1v) is 7.15. The van der Waals surface area contributed by atoms with Crippen molar-refractivity contribution in [2.24, 2.45) is 0 Å². The zero-order valence-corrected chi connectivity index (χ0v) is 12.4. The molecule has 1 N–H and O–H groups in total. The Morgan fingerprint density at radius 2 is 1.70 bits per heavy atom. The molecule has 0 bridgehead atoms. The number of halogens is 1. The Labute approximate surface area is 120 Å². The second-order valence-corrected chi connectivity index (χ2v) is 5.22. The molecule has 2 rings (SSSR count). The van der Waals surface area contributed by atoms with Crippen LogP contribution >= 0.6 is 0 Å². The molecule has 0 aliphatic carbocycles. The molecule has 1 nitrogen and oxygen atoms in total. The largest absolute Gasteiger partial charge is 0.313 e. The zero-order valence-electron chi connectivity index (χ0n) is 12.4. The van der Waals surface area contributed by atoms with Crippen molar-refractivity contribution in [3.8, 4) is 0 Å². The average Bonchev–Trinajstić information content (AvgIpc) is 2.48. The van der Waals surface area contributed by atoms with E-state index in [-0.39, 0.29) is 11.9 Å². The molecule has 2 heteroatoms. The van der Waals surface area contributed by atoms with E-state index in [1.165, 1.54) is 11.1 Å². The van der Waals surface area contributed by atoms with Crippen molar-refractivity contribution in [1.29, 1.82) is 0 Å². The summed E-state index contributed by atoms with van der Waals surface area (Å²) >= 11 is 0. The van der Waals surface area contributed by atoms with Crippen LogP contribution in [0.5, 0.6) is 0 Å². The van der Waals surface area contributed by atoms with Gasteiger partial charge in [0.1, 0.15) is 5.82 Å². The minimum atomic E-state index is -0.143. The first-order valence-electron chi connectivity index (χ1n) is 7.15. The van der Waals surface area contributed by atoms with Gasteiger partial charge in [-0.1, -0.05) is 43.3 Å². The van der Waals surface area contributed by atoms with Crippen molar-refractivity contribution in [3.63, 3.8) is 0 Å². The van der Waals surface area contributed by atoms with Gasteiger partial charge in [0.05, 0.1) is 0 Å². The summed E-state index contributed by atoms with van der Waals surface area (Å²) in [4.78, 5) is 0. The molecule has 0 radical (unpaired) electrons. The summed E-state index contributed by atoms with van der Waals surface area (Å²) < 4.78 is 13.4. The maximum Gasteiger partial charge on any atom is 0.126 e. The standard InChI is InChI=1S/C18H22FN/c1-4-14-5-7-15(8-6-14)12-18(20-3)16-9-10-17(19)13(2)11-16/h5-11,18,20H,4,12H2,1-3H3. The van der Waals surface area contributed by atoms with Gasteiger partial charge in [-0.05, 0) is 55.1 Å². The van der Waals surface area contributed by atoms with Crippen LogP contribution in [0.2, 0.25) is 0 Å². The summed E-state index contributed by atoms with van der Waals surface area (Å²) in [7, 11) is 1.95. The number of nitrogens with one attached hydrogen (secondary N) is 1. The molecule has 0 saturated heterocycles. The molecule has 0 aliphatic rings. The Morgan fingerprint density at radius 1 is 1.05 bits per heavy atom. The Morgan fingerprint density at radius 3 is 2.25 bits per heavy atom. The molecule has 0 fully saturated rings. The fourth-order valence-corrected chi connectivity index (χ4v) is 2.42. The molecule has 0 aliphatic heterocycles. The van der Waals surface area contributed by atoms with Crippen LogP contribution in [0.25, 0.3) is 0 Å². The number of hydrogen-bond donors (Lipinski definition) is 1. The van der Waals surface area contributed by atoms with Crippen LogP contribution in [0.4, 0.5) is 4.39 Å². The van der Waals surface area contributed by atoms with Crippen LogP contribution in [0, 0.1) is 12.7 Å². The van der Waals surface area contributed by atoms with Crippen LogP contribution in [0.15, 0.2) is 42.5 Å². The van der Waals surface area contributed by atoms with Crippen LogP contribution in [-0.4, -0.2) is 7.05 Å². The van der Waals surface area contributed by atoms with Gasteiger partial charge in [-0.2, -0.15) is 0 Å². The van der Waals surface area contributed by atoms with Crippen LogP contribution < -0.4 is 5.32 Å². The molecular weight excluding hydrogens is 249 g/mol. The minimum absolute atomic E-state index is 0.143. The highest BCUT2D eigenvalue weighted by molar-refractivity contribution is 5.29. The fraction of sp³-hybridized carbons (Fsp3) is 0.333. The zero-order chi connectivity index (χ0) is 14.5. The second-order valence-electron chi connectivity index (χ2n) is 5.22. The number of likely N-dealkylation sites (N-methyl/N-ethyl adjacent to an activating group) is 1. The summed E-state index contributed by atoms with van der Waals surface area (Å²) in [6.07, 6.45) is 1.97. The predicted molar refractivity (Wildman–Crippen MR) is 82.5 cm³/mol. The third kappa shape index (κ3) is 3.45. The quantitative estimate of drug-likeness (QED) is 0.859. The SMILES string of the molecule is CCc1ccc(CC(NC)c2ccc(F)c(C)c2)cc1. The summed E-state index contributed by atoms with van der Waals surface area (Å²) in [5, 5.41) is 3.32. The lowest BCUT2D eigenvalue weighted by molar-refractivity contribution is 0.583. The molecule has 1 unspecified atom stereocenters. The van der Waals surface area contributed by atoms with E-state index in [1.54, 1.807) is 6.07 Å². The first-order chi connectivity index (χ1) is 9.63. The van der Waals surface area contributed by atoms with Gasteiger partial charge in [-0.15, -0.1) is 0 Å². The average molecular weight is 271 g/mol. The number of aryl methyl sites for hydroxylation is 2. The molecule has 0 heterocycles. The van der Waals surface area contributed by atoms with Gasteiger partial charge in [-0.25, -0.2) is 4.39 Å². The second kappa shape index (κ2) is 6.67. The molecule has 106 valence electrons. The van der Waals surface area contributed by atoms with Crippen molar-refractivity contribution in [1.82, 2.24) is 5.32 Å². The van der Waals surface area contributed by atoms with Crippen LogP contribution in [0.3, 0.4) is 0 Å². The summed E-state index contributed by atoms with van der Waals surface area (Å²) in [6.45, 7) is 3.97. The third-order valence-corrected chi connectivity index (χ3v) is 3.80. The summed E-state index contributed by atoms with van der Waals surface area (Å²) in [5.74, 6) is -0.143. The smallest absolute Gasteiger partial charge is 0.126 e. The molecular formula is C18H22FN. The lowest BCUT2D eigenvalue weighted by atomic mass is 9.97. The lowest BCUT2D eigenvalue weighted by Gasteiger charge is -2.18. The van der Waals surface area contributed by atoms with Gasteiger partial charge in [0, 0.05) is 6.04 Å². The Hall–Kier alpha value is -1.67. The maximum absolute atomic E-state index is 13.4. The Kier molecular flexibility index (Phi) is 4.91. The van der Waals surface area contributed by atoms with E-state index < -0.39 is 0 Å². The number of hydrogen-bond acceptors (Lipinski definition) is 1. The van der Waals surface area contributed by atoms with E-state index in [0.717, 1.165) is 18.4 Å². The Balaban J connectivity index is 2.16. The molecule has 20 heavy (non-hydrogen) atoms. The van der Waals surface area contributed by atoms with Gasteiger partial charge in [0.2, 0.25) is 0 Å². The molecule has 0 spiro atoms. The summed E-state index contributed by atoms with van der Waals surface area (Å²) in [6, 6.07) is 14.3. The maximum atomic E-state index is 13.4. The van der Waals surface area contributed by atoms with Gasteiger partial charge < -0.3 is 5.32 Å². The number of benzene rings is 2. The normalized spacial score (nSPS) is 12.4. The van der Waals surface area contributed by atoms with Crippen molar-refractivity contribution in [3.05, 3.63) is 70.5 Å². The van der Waals surface area contributed by atoms with Crippen LogP contribution in [-0.2, 0) is 12.8 Å². The van der Waals surface area contributed by atoms with Crippen molar-refractivity contribution < 1.29 is 4.39 Å². The monoisotopic (exact) mass is 271 g/mol. The molecule has 2 aromatic rings. The van der Waals surface area contributed by atoms with Crippen molar-refractivity contribution >= 4 is 0 Å². The Bertz CT molecular complexity index is 560. The van der Waals surface area contributed by atoms with Gasteiger partial charge in [0.15, 0.2) is 0 Å². The first kappa shape index (κ1) is 14.7. The fourth-order valence-electron chi connectivity index (χ4n) is 2.42. The van der Waals surface area contributed by atoms with E-state index in [4.69, 9.17) is 0 Å². The van der Waals surface area contributed by atoms with Crippen LogP contribution in [0.1, 0.15) is 35.2 Å². The van der Waals surface area contributed by atoms with E-state index in [0.29, 0.717) is 5.56 Å². The van der Waals surface area contributed by atoms with Crippen molar-refractivity contribution in [2.45, 2.75) is 32.7 Å². The number of rotatable bonds is 5. The molecule has 0 saturated carbocycles. The highest BCUT2D eigenvalue weighted by Crippen LogP contribution is 2.21. The lowest BCUT2D eigenvalue weighted by Crippen LogP contribution is -2.19. The van der Waals surface area contributed by atoms with E-state index in [2.05, 4.69) is 36.5 Å². The highest BCUT2D eigenvalue weighted by atomic mass is 19.1. The van der Waals surface area contributed by atoms with E-state index >= 15 is 0 Å². The van der Waals surface area contributed by atoms with Gasteiger partial charge in [-0.3, -0.25) is 0 Å². The molecule has 0 amide bonds. The third-order valence-electron chi connectivity index (χ3n) is 3.80. The van der Waals surface area contributed by atoms with Crippen molar-refractivity contribution in [2.75, 3.05) is 7.05 Å². The molecule has 2 aromatic carbocycles. The molecule has 1 atom stereocenters. The van der Waals surface area contributed by atoms with E-state index in [1.807, 2.05) is 26.1 Å². The molecule has 0 aromatic heterocycles. The predicted octanol–water partition coefficient (Wildman–Crippen LogP) is 4.20. The van der Waals surface area contributed by atoms with Gasteiger partial charge in [0.25, 0.3) is 0 Å². The van der Waals surface area contributed by atoms with E-state index in [9.17, 15) is 4.39 Å². The summed E-state index contributed by atoms with van der Waals surface area (Å²) in [5.41, 5.74) is 4.48. The van der Waals surface area contributed by atoms with Gasteiger partial charge >= 0.3 is 0 Å². The topological polar surface area (TPSA) is 12.0 Å².